The van der Waals surface area contributed by atoms with Gasteiger partial charge in [0.1, 0.15) is 5.82 Å². The maximum Gasteiger partial charge on any atom is 0.123 e. The van der Waals surface area contributed by atoms with Gasteiger partial charge < -0.3 is 10.3 Å². The first-order valence-electron chi connectivity index (χ1n) is 7.02. The Kier molecular flexibility index (Phi) is 3.08. The Morgan fingerprint density at radius 3 is 2.90 bits per heavy atom. The topological polar surface area (TPSA) is 27.8 Å². The summed E-state index contributed by atoms with van der Waals surface area (Å²) in [4.78, 5) is 3.53. The fraction of sp³-hybridized carbons (Fsp3) is 0.176. The van der Waals surface area contributed by atoms with Crippen molar-refractivity contribution in [1.82, 2.24) is 10.3 Å². The van der Waals surface area contributed by atoms with Gasteiger partial charge in [-0.15, -0.1) is 0 Å². The molecular formula is C17H14BrFN2. The molecule has 2 aromatic carbocycles. The van der Waals surface area contributed by atoms with E-state index in [1.165, 1.54) is 22.7 Å². The Bertz CT molecular complexity index is 838. The van der Waals surface area contributed by atoms with E-state index in [9.17, 15) is 4.39 Å². The van der Waals surface area contributed by atoms with Gasteiger partial charge in [-0.3, -0.25) is 0 Å². The zero-order valence-electron chi connectivity index (χ0n) is 11.3. The molecule has 3 aromatic rings. The Hall–Kier alpha value is -1.65. The predicted octanol–water partition coefficient (Wildman–Crippen LogP) is 4.38. The van der Waals surface area contributed by atoms with Gasteiger partial charge in [-0.1, -0.05) is 18.2 Å². The molecule has 0 saturated heterocycles. The molecule has 0 radical (unpaired) electrons. The molecule has 0 spiro atoms. The first kappa shape index (κ1) is 13.0. The van der Waals surface area contributed by atoms with Crippen molar-refractivity contribution in [1.29, 1.82) is 0 Å². The number of hydrogen-bond acceptors (Lipinski definition) is 1. The van der Waals surface area contributed by atoms with Gasteiger partial charge in [0.15, 0.2) is 0 Å². The monoisotopic (exact) mass is 344 g/mol. The summed E-state index contributed by atoms with van der Waals surface area (Å²) in [6.07, 6.45) is 0.999. The smallest absolute Gasteiger partial charge is 0.123 e. The number of nitrogens with one attached hydrogen (secondary N) is 2. The second-order valence-electron chi connectivity index (χ2n) is 5.36. The molecule has 106 valence electrons. The van der Waals surface area contributed by atoms with Gasteiger partial charge in [-0.2, -0.15) is 0 Å². The number of aromatic amines is 1. The van der Waals surface area contributed by atoms with Crippen LogP contribution in [-0.2, 0) is 13.0 Å². The lowest BCUT2D eigenvalue weighted by atomic mass is 9.97. The number of aromatic nitrogens is 1. The molecule has 0 amide bonds. The molecule has 0 unspecified atom stereocenters. The Labute approximate surface area is 130 Å². The maximum atomic E-state index is 13.6. The maximum absolute atomic E-state index is 13.6. The molecule has 0 bridgehead atoms. The summed E-state index contributed by atoms with van der Waals surface area (Å²) in [7, 11) is 0. The number of hydrogen-bond donors (Lipinski definition) is 2. The minimum atomic E-state index is -0.203. The summed E-state index contributed by atoms with van der Waals surface area (Å²) in [5.41, 5.74) is 5.68. The lowest BCUT2D eigenvalue weighted by Crippen LogP contribution is -2.22. The molecule has 1 aromatic heterocycles. The van der Waals surface area contributed by atoms with Gasteiger partial charge in [-0.05, 0) is 50.8 Å². The summed E-state index contributed by atoms with van der Waals surface area (Å²) < 4.78 is 14.6. The number of rotatable bonds is 1. The minimum Gasteiger partial charge on any atom is -0.357 e. The zero-order chi connectivity index (χ0) is 14.4. The highest BCUT2D eigenvalue weighted by molar-refractivity contribution is 9.10. The molecule has 0 atom stereocenters. The summed E-state index contributed by atoms with van der Waals surface area (Å²) in [5, 5.41) is 4.61. The molecule has 1 aliphatic rings. The zero-order valence-corrected chi connectivity index (χ0v) is 12.9. The van der Waals surface area contributed by atoms with Crippen LogP contribution in [0, 0.1) is 5.82 Å². The number of fused-ring (bicyclic) bond motifs is 3. The van der Waals surface area contributed by atoms with Crippen molar-refractivity contribution >= 4 is 26.8 Å². The lowest BCUT2D eigenvalue weighted by molar-refractivity contribution is 0.628. The van der Waals surface area contributed by atoms with Crippen molar-refractivity contribution in [2.45, 2.75) is 13.0 Å². The molecule has 4 heteroatoms. The van der Waals surface area contributed by atoms with E-state index in [-0.39, 0.29) is 5.82 Å². The van der Waals surface area contributed by atoms with E-state index in [4.69, 9.17) is 0 Å². The molecule has 21 heavy (non-hydrogen) atoms. The highest BCUT2D eigenvalue weighted by Crippen LogP contribution is 2.37. The second kappa shape index (κ2) is 4.97. The SMILES string of the molecule is Fc1cccc(-c2ccc(Br)c3[nH]c4c(c23)CNCC4)c1. The van der Waals surface area contributed by atoms with Crippen LogP contribution in [0.3, 0.4) is 0 Å². The summed E-state index contributed by atoms with van der Waals surface area (Å²) in [6, 6.07) is 10.9. The van der Waals surface area contributed by atoms with E-state index in [0.717, 1.165) is 40.6 Å². The van der Waals surface area contributed by atoms with E-state index in [2.05, 4.69) is 32.3 Å². The summed E-state index contributed by atoms with van der Waals surface area (Å²) >= 11 is 3.62. The van der Waals surface area contributed by atoms with Crippen LogP contribution in [0.4, 0.5) is 4.39 Å². The molecular weight excluding hydrogens is 331 g/mol. The van der Waals surface area contributed by atoms with Crippen molar-refractivity contribution in [3.8, 4) is 11.1 Å². The van der Waals surface area contributed by atoms with Crippen molar-refractivity contribution < 1.29 is 4.39 Å². The number of benzene rings is 2. The second-order valence-corrected chi connectivity index (χ2v) is 6.22. The summed E-state index contributed by atoms with van der Waals surface area (Å²) in [6.45, 7) is 1.85. The van der Waals surface area contributed by atoms with Crippen LogP contribution < -0.4 is 5.32 Å². The molecule has 1 aliphatic heterocycles. The van der Waals surface area contributed by atoms with Crippen LogP contribution in [0.5, 0.6) is 0 Å². The van der Waals surface area contributed by atoms with E-state index in [0.29, 0.717) is 0 Å². The molecule has 2 nitrogen and oxygen atoms in total. The molecule has 2 N–H and O–H groups in total. The van der Waals surface area contributed by atoms with Crippen molar-refractivity contribution in [3.05, 3.63) is 57.9 Å². The van der Waals surface area contributed by atoms with E-state index < -0.39 is 0 Å². The van der Waals surface area contributed by atoms with Gasteiger partial charge in [0.05, 0.1) is 5.52 Å². The minimum absolute atomic E-state index is 0.203. The average Bonchev–Trinajstić information content (AvgIpc) is 2.88. The normalized spacial score (nSPS) is 14.4. The fourth-order valence-electron chi connectivity index (χ4n) is 3.12. The Morgan fingerprint density at radius 2 is 2.05 bits per heavy atom. The van der Waals surface area contributed by atoms with Gasteiger partial charge in [0, 0.05) is 35.1 Å². The number of halogens is 2. The molecule has 0 saturated carbocycles. The first-order chi connectivity index (χ1) is 10.2. The third kappa shape index (κ3) is 2.10. The fourth-order valence-corrected chi connectivity index (χ4v) is 3.55. The molecule has 2 heterocycles. The molecule has 0 fully saturated rings. The Balaban J connectivity index is 2.05. The van der Waals surface area contributed by atoms with Crippen molar-refractivity contribution in [3.63, 3.8) is 0 Å². The van der Waals surface area contributed by atoms with Crippen LogP contribution in [0.25, 0.3) is 22.0 Å². The largest absolute Gasteiger partial charge is 0.357 e. The average molecular weight is 345 g/mol. The van der Waals surface area contributed by atoms with E-state index >= 15 is 0 Å². The lowest BCUT2D eigenvalue weighted by Gasteiger charge is -2.14. The first-order valence-corrected chi connectivity index (χ1v) is 7.82. The van der Waals surface area contributed by atoms with Gasteiger partial charge in [0.2, 0.25) is 0 Å². The standard InChI is InChI=1S/C17H14BrFN2/c18-14-5-4-12(10-2-1-3-11(19)8-10)16-13-9-20-7-6-15(13)21-17(14)16/h1-5,8,20-21H,6-7,9H2. The van der Waals surface area contributed by atoms with E-state index in [1.54, 1.807) is 12.1 Å². The Morgan fingerprint density at radius 1 is 1.14 bits per heavy atom. The third-order valence-corrected chi connectivity index (χ3v) is 4.75. The quantitative estimate of drug-likeness (QED) is 0.673. The van der Waals surface area contributed by atoms with Gasteiger partial charge in [0.25, 0.3) is 0 Å². The van der Waals surface area contributed by atoms with Gasteiger partial charge >= 0.3 is 0 Å². The van der Waals surface area contributed by atoms with Crippen LogP contribution >= 0.6 is 15.9 Å². The van der Waals surface area contributed by atoms with Crippen LogP contribution in [0.15, 0.2) is 40.9 Å². The highest BCUT2D eigenvalue weighted by atomic mass is 79.9. The van der Waals surface area contributed by atoms with Gasteiger partial charge in [-0.25, -0.2) is 4.39 Å². The predicted molar refractivity (Wildman–Crippen MR) is 86.8 cm³/mol. The molecule has 0 aliphatic carbocycles. The molecule has 4 rings (SSSR count). The third-order valence-electron chi connectivity index (χ3n) is 4.09. The summed E-state index contributed by atoms with van der Waals surface area (Å²) in [5.74, 6) is -0.203. The number of H-pyrrole nitrogens is 1. The van der Waals surface area contributed by atoms with Crippen molar-refractivity contribution in [2.75, 3.05) is 6.54 Å². The van der Waals surface area contributed by atoms with E-state index in [1.807, 2.05) is 12.1 Å². The van der Waals surface area contributed by atoms with Crippen LogP contribution in [0.1, 0.15) is 11.3 Å². The van der Waals surface area contributed by atoms with Crippen molar-refractivity contribution in [2.24, 2.45) is 0 Å². The van der Waals surface area contributed by atoms with Crippen LogP contribution in [0.2, 0.25) is 0 Å². The van der Waals surface area contributed by atoms with Crippen LogP contribution in [-0.4, -0.2) is 11.5 Å². The highest BCUT2D eigenvalue weighted by Gasteiger charge is 2.19.